The van der Waals surface area contributed by atoms with Gasteiger partial charge in [-0.2, -0.15) is 0 Å². The van der Waals surface area contributed by atoms with Crippen LogP contribution in [0.15, 0.2) is 54.6 Å². The Morgan fingerprint density at radius 1 is 1.00 bits per heavy atom. The molecule has 0 aliphatic carbocycles. The first kappa shape index (κ1) is 18.5. The molecule has 1 aliphatic heterocycles. The van der Waals surface area contributed by atoms with Crippen LogP contribution in [0, 0.1) is 0 Å². The number of hydrogen-bond acceptors (Lipinski definition) is 3. The van der Waals surface area contributed by atoms with Crippen LogP contribution in [0.2, 0.25) is 0 Å². The summed E-state index contributed by atoms with van der Waals surface area (Å²) in [5, 5.41) is 3.00. The predicted molar refractivity (Wildman–Crippen MR) is 105 cm³/mol. The Balaban J connectivity index is 1.45. The van der Waals surface area contributed by atoms with Gasteiger partial charge in [0.05, 0.1) is 0 Å². The summed E-state index contributed by atoms with van der Waals surface area (Å²) in [6.45, 7) is 7.28. The Labute approximate surface area is 156 Å². The summed E-state index contributed by atoms with van der Waals surface area (Å²) < 4.78 is 5.62. The highest BCUT2D eigenvalue weighted by Gasteiger charge is 2.29. The van der Waals surface area contributed by atoms with Gasteiger partial charge in [-0.25, -0.2) is 0 Å². The zero-order valence-corrected chi connectivity index (χ0v) is 15.7. The van der Waals surface area contributed by atoms with Gasteiger partial charge in [0.2, 0.25) is 0 Å². The Hall–Kier alpha value is -2.33. The first-order valence-corrected chi connectivity index (χ1v) is 9.35. The lowest BCUT2D eigenvalue weighted by Gasteiger charge is -2.35. The van der Waals surface area contributed by atoms with E-state index in [1.807, 2.05) is 42.5 Å². The second-order valence-corrected chi connectivity index (χ2v) is 7.46. The van der Waals surface area contributed by atoms with Gasteiger partial charge in [-0.1, -0.05) is 42.5 Å². The molecule has 138 valence electrons. The van der Waals surface area contributed by atoms with Crippen molar-refractivity contribution in [1.82, 2.24) is 10.2 Å². The van der Waals surface area contributed by atoms with E-state index in [0.717, 1.165) is 18.7 Å². The minimum Gasteiger partial charge on any atom is -0.484 e. The monoisotopic (exact) mass is 352 g/mol. The summed E-state index contributed by atoms with van der Waals surface area (Å²) in [4.78, 5) is 14.6. The number of amides is 1. The fraction of sp³-hybridized carbons (Fsp3) is 0.409. The number of hydrogen-bond donors (Lipinski definition) is 1. The summed E-state index contributed by atoms with van der Waals surface area (Å²) >= 11 is 0. The van der Waals surface area contributed by atoms with E-state index >= 15 is 0 Å². The average molecular weight is 352 g/mol. The van der Waals surface area contributed by atoms with Crippen molar-refractivity contribution in [2.75, 3.05) is 26.2 Å². The van der Waals surface area contributed by atoms with Gasteiger partial charge in [0.25, 0.3) is 5.91 Å². The average Bonchev–Trinajstić information content (AvgIpc) is 3.22. The largest absolute Gasteiger partial charge is 0.484 e. The first-order valence-electron chi connectivity index (χ1n) is 9.35. The molecule has 4 nitrogen and oxygen atoms in total. The minimum absolute atomic E-state index is 0.0104. The fourth-order valence-electron chi connectivity index (χ4n) is 3.32. The summed E-state index contributed by atoms with van der Waals surface area (Å²) in [7, 11) is 0. The van der Waals surface area contributed by atoms with E-state index in [9.17, 15) is 4.79 Å². The molecule has 1 saturated heterocycles. The molecule has 3 rings (SSSR count). The molecule has 1 heterocycles. The molecule has 1 aliphatic rings. The molecule has 4 heteroatoms. The number of nitrogens with one attached hydrogen (secondary N) is 1. The highest BCUT2D eigenvalue weighted by atomic mass is 16.5. The van der Waals surface area contributed by atoms with E-state index in [1.165, 1.54) is 18.4 Å². The van der Waals surface area contributed by atoms with Crippen LogP contribution in [0.3, 0.4) is 0 Å². The van der Waals surface area contributed by atoms with Crippen molar-refractivity contribution in [2.24, 2.45) is 0 Å². The molecule has 0 bridgehead atoms. The fourth-order valence-corrected chi connectivity index (χ4v) is 3.32. The van der Waals surface area contributed by atoms with Crippen molar-refractivity contribution < 1.29 is 9.53 Å². The maximum Gasteiger partial charge on any atom is 0.258 e. The molecule has 1 fully saturated rings. The van der Waals surface area contributed by atoms with Gasteiger partial charge in [0, 0.05) is 12.1 Å². The number of carbonyl (C=O) groups excluding carboxylic acids is 1. The molecule has 1 N–H and O–H groups in total. The Morgan fingerprint density at radius 2 is 1.62 bits per heavy atom. The van der Waals surface area contributed by atoms with Gasteiger partial charge < -0.3 is 10.1 Å². The zero-order chi connectivity index (χ0) is 18.4. The Kier molecular flexibility index (Phi) is 5.94. The quantitative estimate of drug-likeness (QED) is 0.826. The van der Waals surface area contributed by atoms with Crippen LogP contribution in [0.25, 0.3) is 11.1 Å². The molecule has 2 aromatic rings. The zero-order valence-electron chi connectivity index (χ0n) is 15.7. The SMILES string of the molecule is CC(C)(CNC(=O)COc1ccc(-c2ccccc2)cc1)N1CCCC1. The molecular weight excluding hydrogens is 324 g/mol. The van der Waals surface area contributed by atoms with Crippen LogP contribution < -0.4 is 10.1 Å². The number of benzene rings is 2. The van der Waals surface area contributed by atoms with Crippen molar-refractivity contribution >= 4 is 5.91 Å². The van der Waals surface area contributed by atoms with Crippen molar-refractivity contribution in [3.05, 3.63) is 54.6 Å². The molecule has 0 radical (unpaired) electrons. The molecule has 0 saturated carbocycles. The molecule has 0 unspecified atom stereocenters. The van der Waals surface area contributed by atoms with Gasteiger partial charge in [-0.15, -0.1) is 0 Å². The van der Waals surface area contributed by atoms with Crippen LogP contribution in [0.5, 0.6) is 5.75 Å². The van der Waals surface area contributed by atoms with Gasteiger partial charge in [0.15, 0.2) is 6.61 Å². The first-order chi connectivity index (χ1) is 12.5. The third-order valence-corrected chi connectivity index (χ3v) is 5.01. The van der Waals surface area contributed by atoms with Gasteiger partial charge in [-0.05, 0) is 63.0 Å². The highest BCUT2D eigenvalue weighted by molar-refractivity contribution is 5.77. The topological polar surface area (TPSA) is 41.6 Å². The number of likely N-dealkylation sites (tertiary alicyclic amines) is 1. The highest BCUT2D eigenvalue weighted by Crippen LogP contribution is 2.22. The molecule has 0 aromatic heterocycles. The van der Waals surface area contributed by atoms with E-state index in [-0.39, 0.29) is 18.1 Å². The lowest BCUT2D eigenvalue weighted by Crippen LogP contribution is -2.51. The van der Waals surface area contributed by atoms with Gasteiger partial charge in [0.1, 0.15) is 5.75 Å². The number of carbonyl (C=O) groups is 1. The van der Waals surface area contributed by atoms with E-state index in [4.69, 9.17) is 4.74 Å². The molecule has 0 spiro atoms. The standard InChI is InChI=1S/C22H28N2O2/c1-22(2,24-14-6-7-15-24)17-23-21(25)16-26-20-12-10-19(11-13-20)18-8-4-3-5-9-18/h3-5,8-13H,6-7,14-17H2,1-2H3,(H,23,25). The number of rotatable bonds is 7. The maximum atomic E-state index is 12.1. The third kappa shape index (κ3) is 4.85. The summed E-state index contributed by atoms with van der Waals surface area (Å²) in [6.07, 6.45) is 2.50. The molecule has 26 heavy (non-hydrogen) atoms. The lowest BCUT2D eigenvalue weighted by molar-refractivity contribution is -0.123. The molecule has 1 amide bonds. The van der Waals surface area contributed by atoms with Crippen LogP contribution in [0.4, 0.5) is 0 Å². The van der Waals surface area contributed by atoms with Crippen LogP contribution in [0.1, 0.15) is 26.7 Å². The number of nitrogens with zero attached hydrogens (tertiary/aromatic N) is 1. The smallest absolute Gasteiger partial charge is 0.258 e. The second kappa shape index (κ2) is 8.37. The van der Waals surface area contributed by atoms with Crippen LogP contribution in [-0.2, 0) is 4.79 Å². The Bertz CT molecular complexity index is 705. The van der Waals surface area contributed by atoms with Crippen LogP contribution >= 0.6 is 0 Å². The van der Waals surface area contributed by atoms with E-state index in [2.05, 4.69) is 36.2 Å². The van der Waals surface area contributed by atoms with Crippen molar-refractivity contribution in [3.63, 3.8) is 0 Å². The van der Waals surface area contributed by atoms with E-state index in [1.54, 1.807) is 0 Å². The number of ether oxygens (including phenoxy) is 1. The van der Waals surface area contributed by atoms with Gasteiger partial charge >= 0.3 is 0 Å². The van der Waals surface area contributed by atoms with Gasteiger partial charge in [-0.3, -0.25) is 9.69 Å². The van der Waals surface area contributed by atoms with Crippen molar-refractivity contribution in [2.45, 2.75) is 32.2 Å². The summed E-state index contributed by atoms with van der Waals surface area (Å²) in [5.41, 5.74) is 2.29. The second-order valence-electron chi connectivity index (χ2n) is 7.46. The lowest BCUT2D eigenvalue weighted by atomic mass is 10.0. The van der Waals surface area contributed by atoms with Crippen molar-refractivity contribution in [1.29, 1.82) is 0 Å². The summed E-state index contributed by atoms with van der Waals surface area (Å²) in [6, 6.07) is 18.0. The Morgan fingerprint density at radius 3 is 2.27 bits per heavy atom. The minimum atomic E-state index is -0.0793. The predicted octanol–water partition coefficient (Wildman–Crippen LogP) is 3.72. The molecule has 0 atom stereocenters. The third-order valence-electron chi connectivity index (χ3n) is 5.01. The molecular formula is C22H28N2O2. The normalized spacial score (nSPS) is 15.0. The van der Waals surface area contributed by atoms with E-state index < -0.39 is 0 Å². The van der Waals surface area contributed by atoms with Crippen molar-refractivity contribution in [3.8, 4) is 16.9 Å². The summed E-state index contributed by atoms with van der Waals surface area (Å²) in [5.74, 6) is 0.628. The molecule has 2 aromatic carbocycles. The van der Waals surface area contributed by atoms with E-state index in [0.29, 0.717) is 12.3 Å². The van der Waals surface area contributed by atoms with Crippen LogP contribution in [-0.4, -0.2) is 42.6 Å². The maximum absolute atomic E-state index is 12.1.